The van der Waals surface area contributed by atoms with E-state index in [9.17, 15) is 4.39 Å². The predicted molar refractivity (Wildman–Crippen MR) is 78.3 cm³/mol. The van der Waals surface area contributed by atoms with Crippen LogP contribution in [-0.2, 0) is 5.33 Å². The molecule has 0 heterocycles. The average molecular weight is 319 g/mol. The Morgan fingerprint density at radius 2 is 1.89 bits per heavy atom. The molecule has 19 heavy (non-hydrogen) atoms. The van der Waals surface area contributed by atoms with E-state index >= 15 is 0 Å². The molecular weight excluding hydrogens is 307 g/mol. The molecular formula is C15H12BrFN2. The van der Waals surface area contributed by atoms with Gasteiger partial charge < -0.3 is 4.90 Å². The van der Waals surface area contributed by atoms with Crippen LogP contribution in [0.15, 0.2) is 42.5 Å². The van der Waals surface area contributed by atoms with Gasteiger partial charge in [-0.25, -0.2) is 4.39 Å². The first-order chi connectivity index (χ1) is 9.17. The number of benzene rings is 2. The van der Waals surface area contributed by atoms with Gasteiger partial charge in [-0.3, -0.25) is 0 Å². The second-order valence-corrected chi connectivity index (χ2v) is 4.66. The van der Waals surface area contributed by atoms with Crippen molar-refractivity contribution in [2.45, 2.75) is 5.33 Å². The summed E-state index contributed by atoms with van der Waals surface area (Å²) in [5.74, 6) is -0.260. The van der Waals surface area contributed by atoms with E-state index in [4.69, 9.17) is 5.26 Å². The van der Waals surface area contributed by atoms with Crippen molar-refractivity contribution in [1.82, 2.24) is 0 Å². The van der Waals surface area contributed by atoms with Crippen molar-refractivity contribution in [1.29, 1.82) is 5.26 Å². The van der Waals surface area contributed by atoms with Crippen molar-refractivity contribution in [3.8, 4) is 6.07 Å². The van der Waals surface area contributed by atoms with Gasteiger partial charge in [0.25, 0.3) is 0 Å². The Labute approximate surface area is 120 Å². The van der Waals surface area contributed by atoms with Crippen LogP contribution in [-0.4, -0.2) is 7.05 Å². The zero-order valence-corrected chi connectivity index (χ0v) is 12.0. The Morgan fingerprint density at radius 3 is 2.47 bits per heavy atom. The van der Waals surface area contributed by atoms with Gasteiger partial charge in [-0.05, 0) is 35.9 Å². The summed E-state index contributed by atoms with van der Waals surface area (Å²) in [6.45, 7) is 0. The quantitative estimate of drug-likeness (QED) is 0.786. The van der Waals surface area contributed by atoms with Crippen LogP contribution in [0.5, 0.6) is 0 Å². The molecule has 0 aliphatic rings. The minimum atomic E-state index is -0.260. The molecule has 0 amide bonds. The van der Waals surface area contributed by atoms with Gasteiger partial charge in [-0.1, -0.05) is 28.1 Å². The van der Waals surface area contributed by atoms with Gasteiger partial charge in [0, 0.05) is 18.1 Å². The number of alkyl halides is 1. The summed E-state index contributed by atoms with van der Waals surface area (Å²) in [5, 5.41) is 9.36. The van der Waals surface area contributed by atoms with Crippen molar-refractivity contribution >= 4 is 27.3 Å². The van der Waals surface area contributed by atoms with Crippen molar-refractivity contribution in [2.24, 2.45) is 0 Å². The van der Waals surface area contributed by atoms with Crippen molar-refractivity contribution in [2.75, 3.05) is 11.9 Å². The number of rotatable bonds is 3. The Bertz CT molecular complexity index is 617. The highest BCUT2D eigenvalue weighted by Gasteiger charge is 2.13. The minimum absolute atomic E-state index is 0.260. The van der Waals surface area contributed by atoms with E-state index in [0.717, 1.165) is 11.3 Å². The van der Waals surface area contributed by atoms with Crippen LogP contribution in [0.4, 0.5) is 15.8 Å². The number of anilines is 2. The number of hydrogen-bond donors (Lipinski definition) is 0. The number of nitrogens with zero attached hydrogens (tertiary/aromatic N) is 2. The van der Waals surface area contributed by atoms with Crippen LogP contribution in [0.25, 0.3) is 0 Å². The van der Waals surface area contributed by atoms with Gasteiger partial charge in [0.05, 0.1) is 17.3 Å². The zero-order valence-electron chi connectivity index (χ0n) is 10.4. The summed E-state index contributed by atoms with van der Waals surface area (Å²) in [6, 6.07) is 14.2. The van der Waals surface area contributed by atoms with Crippen LogP contribution < -0.4 is 4.90 Å². The monoisotopic (exact) mass is 318 g/mol. The molecule has 0 unspecified atom stereocenters. The lowest BCUT2D eigenvalue weighted by atomic mass is 10.1. The van der Waals surface area contributed by atoms with Crippen LogP contribution >= 0.6 is 15.9 Å². The number of hydrogen-bond acceptors (Lipinski definition) is 2. The Hall–Kier alpha value is -1.86. The Balaban J connectivity index is 2.43. The fraction of sp³-hybridized carbons (Fsp3) is 0.133. The summed E-state index contributed by atoms with van der Waals surface area (Å²) >= 11 is 3.37. The molecule has 0 aromatic heterocycles. The van der Waals surface area contributed by atoms with Crippen LogP contribution in [0.1, 0.15) is 11.1 Å². The average Bonchev–Trinajstić information content (AvgIpc) is 2.46. The minimum Gasteiger partial charge on any atom is -0.342 e. The fourth-order valence-electron chi connectivity index (χ4n) is 1.93. The normalized spacial score (nSPS) is 10.0. The summed E-state index contributed by atoms with van der Waals surface area (Å²) in [5.41, 5.74) is 2.86. The third kappa shape index (κ3) is 2.77. The molecule has 0 fully saturated rings. The fourth-order valence-corrected chi connectivity index (χ4v) is 2.38. The first kappa shape index (κ1) is 13.6. The topological polar surface area (TPSA) is 27.0 Å². The predicted octanol–water partition coefficient (Wildman–Crippen LogP) is 4.36. The SMILES string of the molecule is CN(c1ccc(C#N)cc1)c1c(F)cccc1CBr. The molecule has 2 aromatic carbocycles. The summed E-state index contributed by atoms with van der Waals surface area (Å²) in [4.78, 5) is 1.78. The van der Waals surface area contributed by atoms with E-state index in [1.165, 1.54) is 6.07 Å². The van der Waals surface area contributed by atoms with Gasteiger partial charge in [0.2, 0.25) is 0 Å². The largest absolute Gasteiger partial charge is 0.342 e. The molecule has 0 N–H and O–H groups in total. The van der Waals surface area contributed by atoms with Gasteiger partial charge >= 0.3 is 0 Å². The van der Waals surface area contributed by atoms with E-state index in [1.54, 1.807) is 23.1 Å². The molecule has 0 aliphatic carbocycles. The number of nitriles is 1. The van der Waals surface area contributed by atoms with Gasteiger partial charge in [-0.15, -0.1) is 0 Å². The van der Waals surface area contributed by atoms with Crippen LogP contribution in [0.2, 0.25) is 0 Å². The smallest absolute Gasteiger partial charge is 0.147 e. The summed E-state index contributed by atoms with van der Waals surface area (Å²) in [6.07, 6.45) is 0. The summed E-state index contributed by atoms with van der Waals surface area (Å²) in [7, 11) is 1.81. The molecule has 0 saturated heterocycles. The van der Waals surface area contributed by atoms with E-state index in [0.29, 0.717) is 16.6 Å². The second-order valence-electron chi connectivity index (χ2n) is 4.10. The lowest BCUT2D eigenvalue weighted by Crippen LogP contribution is -2.13. The third-order valence-corrected chi connectivity index (χ3v) is 3.54. The number of para-hydroxylation sites is 1. The molecule has 4 heteroatoms. The molecule has 0 aliphatic heterocycles. The maximum atomic E-state index is 14.0. The van der Waals surface area contributed by atoms with Crippen molar-refractivity contribution in [3.63, 3.8) is 0 Å². The van der Waals surface area contributed by atoms with Crippen molar-refractivity contribution < 1.29 is 4.39 Å². The van der Waals surface area contributed by atoms with Crippen LogP contribution in [0, 0.1) is 17.1 Å². The van der Waals surface area contributed by atoms with E-state index in [2.05, 4.69) is 22.0 Å². The summed E-state index contributed by atoms with van der Waals surface area (Å²) < 4.78 is 14.0. The molecule has 0 bridgehead atoms. The second kappa shape index (κ2) is 5.85. The molecule has 2 aromatic rings. The molecule has 0 spiro atoms. The lowest BCUT2D eigenvalue weighted by Gasteiger charge is -2.22. The van der Waals surface area contributed by atoms with Gasteiger partial charge in [0.1, 0.15) is 5.82 Å². The molecule has 0 radical (unpaired) electrons. The standard InChI is InChI=1S/C15H12BrFN2/c1-19(13-7-5-11(10-18)6-8-13)15-12(9-16)3-2-4-14(15)17/h2-8H,9H2,1H3. The lowest BCUT2D eigenvalue weighted by molar-refractivity contribution is 0.626. The third-order valence-electron chi connectivity index (χ3n) is 2.93. The van der Waals surface area contributed by atoms with Crippen LogP contribution in [0.3, 0.4) is 0 Å². The zero-order chi connectivity index (χ0) is 13.8. The molecule has 2 rings (SSSR count). The highest BCUT2D eigenvalue weighted by molar-refractivity contribution is 9.08. The molecule has 0 saturated carbocycles. The Kier molecular flexibility index (Phi) is 4.18. The van der Waals surface area contributed by atoms with Gasteiger partial charge in [-0.2, -0.15) is 5.26 Å². The highest BCUT2D eigenvalue weighted by Crippen LogP contribution is 2.31. The molecule has 0 atom stereocenters. The van der Waals surface area contributed by atoms with Crippen molar-refractivity contribution in [3.05, 3.63) is 59.4 Å². The number of halogens is 2. The first-order valence-electron chi connectivity index (χ1n) is 5.74. The first-order valence-corrected chi connectivity index (χ1v) is 6.86. The maximum Gasteiger partial charge on any atom is 0.147 e. The maximum absolute atomic E-state index is 14.0. The molecule has 2 nitrogen and oxygen atoms in total. The molecule has 96 valence electrons. The Morgan fingerprint density at radius 1 is 1.21 bits per heavy atom. The van der Waals surface area contributed by atoms with E-state index < -0.39 is 0 Å². The van der Waals surface area contributed by atoms with E-state index in [-0.39, 0.29) is 5.82 Å². The van der Waals surface area contributed by atoms with Gasteiger partial charge in [0.15, 0.2) is 0 Å². The highest BCUT2D eigenvalue weighted by atomic mass is 79.9. The van der Waals surface area contributed by atoms with E-state index in [1.807, 2.05) is 25.2 Å².